The second-order valence-corrected chi connectivity index (χ2v) is 6.57. The molecule has 0 radical (unpaired) electrons. The molecular weight excluding hydrogens is 350 g/mol. The lowest BCUT2D eigenvalue weighted by Gasteiger charge is -2.11. The molecule has 138 valence electrons. The monoisotopic (exact) mass is 373 g/mol. The van der Waals surface area contributed by atoms with Crippen molar-refractivity contribution in [2.24, 2.45) is 0 Å². The van der Waals surface area contributed by atoms with E-state index in [0.29, 0.717) is 18.6 Å². The summed E-state index contributed by atoms with van der Waals surface area (Å²) in [6.07, 6.45) is 3.25. The van der Waals surface area contributed by atoms with Gasteiger partial charge in [-0.2, -0.15) is 0 Å². The second kappa shape index (κ2) is 8.88. The van der Waals surface area contributed by atoms with Crippen molar-refractivity contribution >= 4 is 23.9 Å². The molecule has 5 heteroatoms. The molecule has 0 aromatic heterocycles. The number of benzene rings is 2. The summed E-state index contributed by atoms with van der Waals surface area (Å²) in [5.41, 5.74) is 4.52. The van der Waals surface area contributed by atoms with Gasteiger partial charge in [0.25, 0.3) is 0 Å². The van der Waals surface area contributed by atoms with Crippen LogP contribution in [0.4, 0.5) is 0 Å². The van der Waals surface area contributed by atoms with Gasteiger partial charge in [-0.15, -0.1) is 12.4 Å². The van der Waals surface area contributed by atoms with Gasteiger partial charge in [0.05, 0.1) is 5.57 Å². The van der Waals surface area contributed by atoms with Crippen LogP contribution in [-0.4, -0.2) is 36.6 Å². The summed E-state index contributed by atoms with van der Waals surface area (Å²) in [5.74, 6) is -0.0633. The van der Waals surface area contributed by atoms with Crippen LogP contribution < -0.4 is 4.74 Å². The third-order valence-electron chi connectivity index (χ3n) is 4.41. The van der Waals surface area contributed by atoms with Crippen molar-refractivity contribution in [1.82, 2.24) is 4.90 Å². The Morgan fingerprint density at radius 2 is 1.88 bits per heavy atom. The molecule has 0 saturated carbocycles. The molecule has 0 fully saturated rings. The van der Waals surface area contributed by atoms with Gasteiger partial charge >= 0.3 is 5.97 Å². The average Bonchev–Trinajstić information content (AvgIpc) is 2.76. The molecule has 0 aliphatic carbocycles. The van der Waals surface area contributed by atoms with Crippen molar-refractivity contribution in [3.63, 3.8) is 0 Å². The third-order valence-corrected chi connectivity index (χ3v) is 4.41. The first-order chi connectivity index (χ1) is 12.0. The number of carbonyl (C=O) groups is 1. The Balaban J connectivity index is 0.00000243. The second-order valence-electron chi connectivity index (χ2n) is 6.57. The molecule has 0 saturated heterocycles. The predicted molar refractivity (Wildman–Crippen MR) is 106 cm³/mol. The number of ether oxygens (including phenoxy) is 1. The number of carboxylic acids is 1. The van der Waals surface area contributed by atoms with E-state index in [1.54, 1.807) is 6.08 Å². The van der Waals surface area contributed by atoms with Crippen molar-refractivity contribution < 1.29 is 14.6 Å². The molecule has 1 aliphatic rings. The maximum Gasteiger partial charge on any atom is 0.335 e. The lowest BCUT2D eigenvalue weighted by atomic mass is 9.96. The largest absolute Gasteiger partial charge is 0.489 e. The molecule has 0 bridgehead atoms. The van der Waals surface area contributed by atoms with E-state index in [1.165, 1.54) is 11.1 Å². The molecule has 0 atom stereocenters. The summed E-state index contributed by atoms with van der Waals surface area (Å²) in [6, 6.07) is 13.9. The highest BCUT2D eigenvalue weighted by molar-refractivity contribution is 6.15. The molecule has 2 aromatic carbocycles. The first kappa shape index (κ1) is 20.0. The Bertz CT molecular complexity index is 815. The fraction of sp³-hybridized carbons (Fsp3) is 0.286. The van der Waals surface area contributed by atoms with Crippen LogP contribution in [0.1, 0.15) is 28.7 Å². The number of fused-ring (bicyclic) bond motifs is 2. The van der Waals surface area contributed by atoms with Crippen LogP contribution in [0.5, 0.6) is 5.75 Å². The van der Waals surface area contributed by atoms with Crippen molar-refractivity contribution in [2.45, 2.75) is 19.4 Å². The quantitative estimate of drug-likeness (QED) is 0.804. The van der Waals surface area contributed by atoms with Gasteiger partial charge in [-0.25, -0.2) is 4.79 Å². The molecule has 26 heavy (non-hydrogen) atoms. The fourth-order valence-electron chi connectivity index (χ4n) is 3.05. The van der Waals surface area contributed by atoms with Gasteiger partial charge in [-0.3, -0.25) is 0 Å². The Morgan fingerprint density at radius 1 is 1.15 bits per heavy atom. The number of hydrogen-bond acceptors (Lipinski definition) is 3. The zero-order valence-electron chi connectivity index (χ0n) is 15.1. The fourth-order valence-corrected chi connectivity index (χ4v) is 3.05. The van der Waals surface area contributed by atoms with Gasteiger partial charge < -0.3 is 14.7 Å². The van der Waals surface area contributed by atoms with Crippen molar-refractivity contribution in [2.75, 3.05) is 20.6 Å². The first-order valence-electron chi connectivity index (χ1n) is 8.45. The topological polar surface area (TPSA) is 49.8 Å². The Morgan fingerprint density at radius 3 is 2.58 bits per heavy atom. The van der Waals surface area contributed by atoms with E-state index in [2.05, 4.69) is 12.1 Å². The first-order valence-corrected chi connectivity index (χ1v) is 8.45. The summed E-state index contributed by atoms with van der Waals surface area (Å²) in [4.78, 5) is 13.7. The maximum absolute atomic E-state index is 11.7. The molecule has 0 spiro atoms. The number of hydrogen-bond donors (Lipinski definition) is 1. The van der Waals surface area contributed by atoms with E-state index in [9.17, 15) is 9.90 Å². The zero-order chi connectivity index (χ0) is 17.8. The lowest BCUT2D eigenvalue weighted by molar-refractivity contribution is -0.130. The van der Waals surface area contributed by atoms with E-state index >= 15 is 0 Å². The lowest BCUT2D eigenvalue weighted by Crippen LogP contribution is -2.12. The van der Waals surface area contributed by atoms with Gasteiger partial charge in [-0.05, 0) is 54.9 Å². The van der Waals surface area contributed by atoms with Crippen LogP contribution in [0.15, 0.2) is 48.5 Å². The Labute approximate surface area is 160 Å². The minimum Gasteiger partial charge on any atom is -0.489 e. The van der Waals surface area contributed by atoms with Gasteiger partial charge in [0.1, 0.15) is 12.4 Å². The van der Waals surface area contributed by atoms with Crippen LogP contribution in [0.25, 0.3) is 5.57 Å². The van der Waals surface area contributed by atoms with E-state index in [0.717, 1.165) is 29.8 Å². The van der Waals surface area contributed by atoms with Crippen LogP contribution in [0, 0.1) is 0 Å². The standard InChI is InChI=1S/C21H23NO3.ClH/c1-22(2)11-5-8-19(21(23)24)16-9-10-20-18(13-16)12-15-6-3-4-7-17(15)14-25-20;/h3-4,6-10,13H,5,11-12,14H2,1-2H3,(H,23,24);1H/b19-8-;. The number of nitrogens with zero attached hydrogens (tertiary/aromatic N) is 1. The van der Waals surface area contributed by atoms with Crippen molar-refractivity contribution in [3.05, 3.63) is 70.8 Å². The molecule has 4 nitrogen and oxygen atoms in total. The summed E-state index contributed by atoms with van der Waals surface area (Å²) in [7, 11) is 3.96. The molecule has 1 N–H and O–H groups in total. The smallest absolute Gasteiger partial charge is 0.335 e. The Kier molecular flexibility index (Phi) is 6.83. The van der Waals surface area contributed by atoms with Crippen molar-refractivity contribution in [3.8, 4) is 5.75 Å². The highest BCUT2D eigenvalue weighted by atomic mass is 35.5. The Hall–Kier alpha value is -2.30. The number of rotatable bonds is 5. The minimum atomic E-state index is -0.895. The predicted octanol–water partition coefficient (Wildman–Crippen LogP) is 4.01. The van der Waals surface area contributed by atoms with E-state index in [-0.39, 0.29) is 12.4 Å². The minimum absolute atomic E-state index is 0. The molecule has 0 unspecified atom stereocenters. The SMILES string of the molecule is CN(C)CC/C=C(\C(=O)O)c1ccc2c(c1)Cc1ccccc1CO2.Cl. The molecule has 3 rings (SSSR count). The summed E-state index contributed by atoms with van der Waals surface area (Å²) >= 11 is 0. The number of aliphatic carboxylic acids is 1. The van der Waals surface area contributed by atoms with E-state index in [1.807, 2.05) is 49.3 Å². The van der Waals surface area contributed by atoms with Crippen LogP contribution >= 0.6 is 12.4 Å². The molecule has 0 amide bonds. The molecule has 2 aromatic rings. The highest BCUT2D eigenvalue weighted by Crippen LogP contribution is 2.31. The molecule has 1 heterocycles. The van der Waals surface area contributed by atoms with E-state index < -0.39 is 5.97 Å². The normalized spacial score (nSPS) is 13.1. The molecular formula is C21H24ClNO3. The number of halogens is 1. The molecule has 1 aliphatic heterocycles. The number of carboxylic acid groups (broad SMARTS) is 1. The van der Waals surface area contributed by atoms with Crippen LogP contribution in [0.3, 0.4) is 0 Å². The third kappa shape index (κ3) is 4.65. The van der Waals surface area contributed by atoms with Gasteiger partial charge in [0.15, 0.2) is 0 Å². The zero-order valence-corrected chi connectivity index (χ0v) is 15.9. The summed E-state index contributed by atoms with van der Waals surface area (Å²) in [5, 5.41) is 9.60. The van der Waals surface area contributed by atoms with Crippen molar-refractivity contribution in [1.29, 1.82) is 0 Å². The van der Waals surface area contributed by atoms with Gasteiger partial charge in [-0.1, -0.05) is 36.4 Å². The summed E-state index contributed by atoms with van der Waals surface area (Å²) in [6.45, 7) is 1.37. The van der Waals surface area contributed by atoms with Gasteiger partial charge in [0.2, 0.25) is 0 Å². The highest BCUT2D eigenvalue weighted by Gasteiger charge is 2.17. The van der Waals surface area contributed by atoms with Crippen LogP contribution in [0.2, 0.25) is 0 Å². The maximum atomic E-state index is 11.7. The van der Waals surface area contributed by atoms with Crippen LogP contribution in [-0.2, 0) is 17.8 Å². The average molecular weight is 374 g/mol. The van der Waals surface area contributed by atoms with E-state index in [4.69, 9.17) is 4.74 Å². The summed E-state index contributed by atoms with van der Waals surface area (Å²) < 4.78 is 5.91. The van der Waals surface area contributed by atoms with Gasteiger partial charge in [0, 0.05) is 13.0 Å².